The van der Waals surface area contributed by atoms with Crippen LogP contribution in [-0.4, -0.2) is 25.4 Å². The highest BCUT2D eigenvalue weighted by molar-refractivity contribution is 7.92. The Kier molecular flexibility index (Phi) is 5.75. The van der Waals surface area contributed by atoms with Gasteiger partial charge in [0.05, 0.1) is 4.90 Å². The molecule has 2 aromatic rings. The number of carbonyl (C=O) groups excluding carboxylic acids is 2. The quantitative estimate of drug-likeness (QED) is 0.763. The molecule has 0 saturated heterocycles. The lowest BCUT2D eigenvalue weighted by atomic mass is 10.1. The van der Waals surface area contributed by atoms with Crippen LogP contribution in [0.15, 0.2) is 59.5 Å². The fourth-order valence-corrected chi connectivity index (χ4v) is 3.99. The number of hydrogen-bond donors (Lipinski definition) is 1. The Morgan fingerprint density at radius 2 is 1.58 bits per heavy atom. The number of halogens is 1. The zero-order valence-corrected chi connectivity index (χ0v) is 14.3. The lowest BCUT2D eigenvalue weighted by molar-refractivity contribution is -0.117. The van der Waals surface area contributed by atoms with E-state index in [1.54, 1.807) is 42.5 Å². The average Bonchev–Trinajstić information content (AvgIpc) is 2.55. The van der Waals surface area contributed by atoms with E-state index in [-0.39, 0.29) is 23.5 Å². The topological polar surface area (TPSA) is 94.3 Å². The van der Waals surface area contributed by atoms with Gasteiger partial charge in [0, 0.05) is 17.0 Å². The van der Waals surface area contributed by atoms with Gasteiger partial charge in [0.2, 0.25) is 5.91 Å². The smallest absolute Gasteiger partial charge is 0.236 e. The lowest BCUT2D eigenvalue weighted by Crippen LogP contribution is -2.36. The van der Waals surface area contributed by atoms with Crippen molar-refractivity contribution in [2.24, 2.45) is 5.73 Å². The van der Waals surface area contributed by atoms with E-state index >= 15 is 0 Å². The first-order chi connectivity index (χ1) is 11.3. The number of carbonyl (C=O) groups is 2. The Morgan fingerprint density at radius 3 is 2.12 bits per heavy atom. The van der Waals surface area contributed by atoms with Crippen molar-refractivity contribution in [3.63, 3.8) is 0 Å². The second-order valence-corrected chi connectivity index (χ2v) is 7.78. The summed E-state index contributed by atoms with van der Waals surface area (Å²) in [7, 11) is -3.93. The van der Waals surface area contributed by atoms with Gasteiger partial charge in [0.15, 0.2) is 15.6 Å². The summed E-state index contributed by atoms with van der Waals surface area (Å²) < 4.78 is 25.1. The number of rotatable bonds is 7. The monoisotopic (exact) mass is 365 g/mol. The maximum atomic E-state index is 12.5. The van der Waals surface area contributed by atoms with Gasteiger partial charge in [-0.15, -0.1) is 0 Å². The zero-order valence-electron chi connectivity index (χ0n) is 12.7. The van der Waals surface area contributed by atoms with Crippen molar-refractivity contribution < 1.29 is 18.0 Å². The normalized spacial score (nSPS) is 12.5. The molecule has 0 radical (unpaired) electrons. The molecule has 0 bridgehead atoms. The SMILES string of the molecule is NC(=O)C(CCC(=O)c1ccc(Cl)cc1)S(=O)(=O)c1ccccc1. The van der Waals surface area contributed by atoms with Gasteiger partial charge in [-0.05, 0) is 42.8 Å². The summed E-state index contributed by atoms with van der Waals surface area (Å²) in [5.41, 5.74) is 5.66. The van der Waals surface area contributed by atoms with Crippen LogP contribution < -0.4 is 5.73 Å². The van der Waals surface area contributed by atoms with Crippen LogP contribution in [-0.2, 0) is 14.6 Å². The fourth-order valence-electron chi connectivity index (χ4n) is 2.27. The van der Waals surface area contributed by atoms with Crippen LogP contribution in [0.1, 0.15) is 23.2 Å². The van der Waals surface area contributed by atoms with Gasteiger partial charge < -0.3 is 5.73 Å². The predicted octanol–water partition coefficient (Wildman–Crippen LogP) is 2.63. The van der Waals surface area contributed by atoms with Crippen molar-refractivity contribution in [3.8, 4) is 0 Å². The summed E-state index contributed by atoms with van der Waals surface area (Å²) in [6.45, 7) is 0. The number of primary amides is 1. The van der Waals surface area contributed by atoms with Gasteiger partial charge in [-0.2, -0.15) is 0 Å². The van der Waals surface area contributed by atoms with Gasteiger partial charge in [-0.1, -0.05) is 29.8 Å². The lowest BCUT2D eigenvalue weighted by Gasteiger charge is -2.14. The second-order valence-electron chi connectivity index (χ2n) is 5.22. The van der Waals surface area contributed by atoms with E-state index in [0.29, 0.717) is 10.6 Å². The third-order valence-electron chi connectivity index (χ3n) is 3.56. The summed E-state index contributed by atoms with van der Waals surface area (Å²) in [4.78, 5) is 23.8. The van der Waals surface area contributed by atoms with Crippen LogP contribution in [0.25, 0.3) is 0 Å². The third kappa shape index (κ3) is 4.21. The molecule has 0 heterocycles. The highest BCUT2D eigenvalue weighted by atomic mass is 35.5. The Balaban J connectivity index is 2.16. The summed E-state index contributed by atoms with van der Waals surface area (Å²) >= 11 is 5.76. The van der Waals surface area contributed by atoms with E-state index < -0.39 is 21.0 Å². The van der Waals surface area contributed by atoms with Gasteiger partial charge >= 0.3 is 0 Å². The Morgan fingerprint density at radius 1 is 1.00 bits per heavy atom. The summed E-state index contributed by atoms with van der Waals surface area (Å²) in [5.74, 6) is -1.25. The van der Waals surface area contributed by atoms with E-state index in [1.807, 2.05) is 0 Å². The van der Waals surface area contributed by atoms with E-state index in [2.05, 4.69) is 0 Å². The van der Waals surface area contributed by atoms with Crippen molar-refractivity contribution in [2.45, 2.75) is 23.0 Å². The minimum Gasteiger partial charge on any atom is -0.369 e. The first-order valence-corrected chi connectivity index (χ1v) is 9.12. The van der Waals surface area contributed by atoms with Crippen LogP contribution >= 0.6 is 11.6 Å². The molecule has 5 nitrogen and oxygen atoms in total. The van der Waals surface area contributed by atoms with Gasteiger partial charge in [-0.3, -0.25) is 9.59 Å². The molecule has 24 heavy (non-hydrogen) atoms. The van der Waals surface area contributed by atoms with Crippen LogP contribution in [0.5, 0.6) is 0 Å². The van der Waals surface area contributed by atoms with Crippen LogP contribution in [0.4, 0.5) is 0 Å². The molecule has 0 aromatic heterocycles. The number of nitrogens with two attached hydrogens (primary N) is 1. The number of Topliss-reactive ketones (excluding diaryl/α,β-unsaturated/α-hetero) is 1. The van der Waals surface area contributed by atoms with E-state index in [9.17, 15) is 18.0 Å². The number of sulfone groups is 1. The average molecular weight is 366 g/mol. The van der Waals surface area contributed by atoms with Crippen LogP contribution in [0, 0.1) is 0 Å². The molecule has 1 unspecified atom stereocenters. The highest BCUT2D eigenvalue weighted by Crippen LogP contribution is 2.20. The molecule has 0 spiro atoms. The standard InChI is InChI=1S/C17H16ClNO4S/c18-13-8-6-12(7-9-13)15(20)10-11-16(17(19)21)24(22,23)14-4-2-1-3-5-14/h1-9,16H,10-11H2,(H2,19,21). The van der Waals surface area contributed by atoms with Crippen molar-refractivity contribution >= 4 is 33.1 Å². The number of amides is 1. The van der Waals surface area contributed by atoms with Gasteiger partial charge in [-0.25, -0.2) is 8.42 Å². The second kappa shape index (κ2) is 7.59. The molecular weight excluding hydrogens is 350 g/mol. The maximum absolute atomic E-state index is 12.5. The molecule has 2 N–H and O–H groups in total. The summed E-state index contributed by atoms with van der Waals surface area (Å²) in [5, 5.41) is -0.954. The Labute approximate surface area is 145 Å². The maximum Gasteiger partial charge on any atom is 0.236 e. The van der Waals surface area contributed by atoms with Crippen molar-refractivity contribution in [1.82, 2.24) is 0 Å². The number of ketones is 1. The summed E-state index contributed by atoms with van der Waals surface area (Å²) in [6.07, 6.45) is -0.282. The fraction of sp³-hybridized carbons (Fsp3) is 0.176. The molecule has 0 aliphatic heterocycles. The van der Waals surface area contributed by atoms with E-state index in [0.717, 1.165) is 0 Å². The van der Waals surface area contributed by atoms with E-state index in [1.165, 1.54) is 12.1 Å². The largest absolute Gasteiger partial charge is 0.369 e. The third-order valence-corrected chi connectivity index (χ3v) is 5.96. The Hall–Kier alpha value is -2.18. The van der Waals surface area contributed by atoms with Crippen molar-refractivity contribution in [2.75, 3.05) is 0 Å². The molecule has 0 fully saturated rings. The van der Waals surface area contributed by atoms with Crippen molar-refractivity contribution in [3.05, 3.63) is 65.2 Å². The molecule has 1 atom stereocenters. The minimum absolute atomic E-state index is 0.00717. The first kappa shape index (κ1) is 18.2. The van der Waals surface area contributed by atoms with E-state index in [4.69, 9.17) is 17.3 Å². The molecule has 7 heteroatoms. The molecule has 1 amide bonds. The molecule has 0 aliphatic carbocycles. The van der Waals surface area contributed by atoms with Crippen LogP contribution in [0.3, 0.4) is 0 Å². The number of benzene rings is 2. The van der Waals surface area contributed by atoms with Crippen LogP contribution in [0.2, 0.25) is 5.02 Å². The molecular formula is C17H16ClNO4S. The molecule has 0 aliphatic rings. The minimum atomic E-state index is -3.93. The summed E-state index contributed by atoms with van der Waals surface area (Å²) in [6, 6.07) is 13.8. The Bertz CT molecular complexity index is 833. The molecule has 0 saturated carbocycles. The van der Waals surface area contributed by atoms with Gasteiger partial charge in [0.25, 0.3) is 0 Å². The molecule has 126 valence electrons. The van der Waals surface area contributed by atoms with Crippen molar-refractivity contribution in [1.29, 1.82) is 0 Å². The predicted molar refractivity (Wildman–Crippen MR) is 91.6 cm³/mol. The molecule has 2 aromatic carbocycles. The highest BCUT2D eigenvalue weighted by Gasteiger charge is 2.32. The zero-order chi connectivity index (χ0) is 17.7. The van der Waals surface area contributed by atoms with Gasteiger partial charge in [0.1, 0.15) is 5.25 Å². The molecule has 2 rings (SSSR count). The first-order valence-electron chi connectivity index (χ1n) is 7.19. The number of hydrogen-bond acceptors (Lipinski definition) is 4.